The first kappa shape index (κ1) is 7.74. The van der Waals surface area contributed by atoms with Crippen LogP contribution in [0.15, 0.2) is 12.4 Å². The molecule has 0 saturated heterocycles. The van der Waals surface area contributed by atoms with E-state index in [2.05, 4.69) is 9.97 Å². The minimum absolute atomic E-state index is 0.208. The van der Waals surface area contributed by atoms with Crippen LogP contribution in [0.3, 0.4) is 0 Å². The molecule has 60 valence electrons. The number of carboxylic acid groups (broad SMARTS) is 1. The molecule has 1 aromatic rings. The van der Waals surface area contributed by atoms with E-state index in [0.29, 0.717) is 5.82 Å². The van der Waals surface area contributed by atoms with E-state index in [4.69, 9.17) is 9.84 Å². The summed E-state index contributed by atoms with van der Waals surface area (Å²) in [6.07, 6.45) is 3.24. The highest BCUT2D eigenvalue weighted by Gasteiger charge is 1.97. The van der Waals surface area contributed by atoms with Crippen molar-refractivity contribution in [3.8, 4) is 0 Å². The molecule has 0 aromatic carbocycles. The highest BCUT2D eigenvalue weighted by Crippen LogP contribution is 1.90. The summed E-state index contributed by atoms with van der Waals surface area (Å²) in [5.41, 5.74) is 0. The molecule has 1 aromatic heterocycles. The topological polar surface area (TPSA) is 75.2 Å². The Kier molecular flexibility index (Phi) is 2.62. The maximum absolute atomic E-state index is 9.97. The summed E-state index contributed by atoms with van der Waals surface area (Å²) in [4.78, 5) is 16.6. The third-order valence-corrected chi connectivity index (χ3v) is 1.02. The van der Waals surface area contributed by atoms with Crippen molar-refractivity contribution in [3.05, 3.63) is 18.2 Å². The number of nitrogens with zero attached hydrogens (tertiary/aromatic N) is 1. The molecule has 0 saturated carbocycles. The van der Waals surface area contributed by atoms with Crippen molar-refractivity contribution < 1.29 is 14.6 Å². The summed E-state index contributed by atoms with van der Waals surface area (Å²) in [7, 11) is 0. The molecule has 0 unspecified atom stereocenters. The zero-order valence-electron chi connectivity index (χ0n) is 5.78. The monoisotopic (exact) mass is 156 g/mol. The number of nitrogens with one attached hydrogen (secondary N) is 1. The lowest BCUT2D eigenvalue weighted by atomic mass is 10.6. The molecule has 11 heavy (non-hydrogen) atoms. The molecule has 0 aliphatic carbocycles. The first-order chi connectivity index (χ1) is 5.29. The van der Waals surface area contributed by atoms with Gasteiger partial charge in [0.05, 0.1) is 0 Å². The Morgan fingerprint density at radius 3 is 3.18 bits per heavy atom. The van der Waals surface area contributed by atoms with Crippen LogP contribution in [-0.4, -0.2) is 27.7 Å². The van der Waals surface area contributed by atoms with Gasteiger partial charge in [-0.3, -0.25) is 0 Å². The van der Waals surface area contributed by atoms with Crippen molar-refractivity contribution in [1.82, 2.24) is 9.97 Å². The number of ether oxygens (including phenoxy) is 1. The van der Waals surface area contributed by atoms with Gasteiger partial charge >= 0.3 is 5.97 Å². The molecular formula is C6H8N2O3. The number of carbonyl (C=O) groups is 1. The van der Waals surface area contributed by atoms with Crippen LogP contribution < -0.4 is 0 Å². The van der Waals surface area contributed by atoms with E-state index in [-0.39, 0.29) is 13.2 Å². The first-order valence-corrected chi connectivity index (χ1v) is 3.07. The standard InChI is InChI=1S/C6H8N2O3/c9-6(10)4-11-3-5-7-1-2-8-5/h1-2H,3-4H2,(H,7,8)(H,9,10). The molecule has 0 spiro atoms. The van der Waals surface area contributed by atoms with Gasteiger partial charge < -0.3 is 14.8 Å². The van der Waals surface area contributed by atoms with E-state index in [9.17, 15) is 4.79 Å². The summed E-state index contributed by atoms with van der Waals surface area (Å²) in [6.45, 7) is -0.0833. The number of imidazole rings is 1. The second-order valence-corrected chi connectivity index (χ2v) is 1.92. The van der Waals surface area contributed by atoms with Gasteiger partial charge in [0.15, 0.2) is 0 Å². The Morgan fingerprint density at radius 1 is 1.82 bits per heavy atom. The Labute approximate surface area is 63.0 Å². The van der Waals surface area contributed by atoms with Crippen molar-refractivity contribution in [2.24, 2.45) is 0 Å². The molecule has 0 radical (unpaired) electrons. The quantitative estimate of drug-likeness (QED) is 0.643. The molecule has 0 aliphatic rings. The van der Waals surface area contributed by atoms with Gasteiger partial charge in [-0.05, 0) is 0 Å². The largest absolute Gasteiger partial charge is 0.480 e. The fraction of sp³-hybridized carbons (Fsp3) is 0.333. The van der Waals surface area contributed by atoms with E-state index in [1.54, 1.807) is 12.4 Å². The lowest BCUT2D eigenvalue weighted by Gasteiger charge is -1.95. The molecule has 0 atom stereocenters. The SMILES string of the molecule is O=C(O)COCc1ncc[nH]1. The number of aromatic nitrogens is 2. The van der Waals surface area contributed by atoms with Gasteiger partial charge in [0.2, 0.25) is 0 Å². The lowest BCUT2D eigenvalue weighted by Crippen LogP contribution is -2.07. The van der Waals surface area contributed by atoms with Gasteiger partial charge in [0.25, 0.3) is 0 Å². The van der Waals surface area contributed by atoms with Crippen molar-refractivity contribution in [2.45, 2.75) is 6.61 Å². The van der Waals surface area contributed by atoms with E-state index in [0.717, 1.165) is 0 Å². The Balaban J connectivity index is 2.19. The normalized spacial score (nSPS) is 9.82. The predicted octanol–water partition coefficient (Wildman–Crippen LogP) is 0.0109. The Bertz CT molecular complexity index is 220. The Hall–Kier alpha value is -1.36. The number of hydrogen-bond acceptors (Lipinski definition) is 3. The highest BCUT2D eigenvalue weighted by molar-refractivity contribution is 5.67. The molecular weight excluding hydrogens is 148 g/mol. The third-order valence-electron chi connectivity index (χ3n) is 1.02. The van der Waals surface area contributed by atoms with Crippen LogP contribution in [0.2, 0.25) is 0 Å². The van der Waals surface area contributed by atoms with Crippen molar-refractivity contribution in [3.63, 3.8) is 0 Å². The zero-order chi connectivity index (χ0) is 8.10. The van der Waals surface area contributed by atoms with Crippen LogP contribution in [0.5, 0.6) is 0 Å². The van der Waals surface area contributed by atoms with Gasteiger partial charge in [-0.25, -0.2) is 9.78 Å². The summed E-state index contributed by atoms with van der Waals surface area (Å²) in [5, 5.41) is 8.19. The van der Waals surface area contributed by atoms with Gasteiger partial charge in [0.1, 0.15) is 19.0 Å². The van der Waals surface area contributed by atoms with E-state index < -0.39 is 5.97 Å². The van der Waals surface area contributed by atoms with Crippen LogP contribution in [0.1, 0.15) is 5.82 Å². The average molecular weight is 156 g/mol. The first-order valence-electron chi connectivity index (χ1n) is 3.07. The van der Waals surface area contributed by atoms with Gasteiger partial charge in [0, 0.05) is 12.4 Å². The fourth-order valence-corrected chi connectivity index (χ4v) is 0.612. The van der Waals surface area contributed by atoms with Crippen molar-refractivity contribution in [2.75, 3.05) is 6.61 Å². The molecule has 0 fully saturated rings. The van der Waals surface area contributed by atoms with Gasteiger partial charge in [-0.2, -0.15) is 0 Å². The lowest BCUT2D eigenvalue weighted by molar-refractivity contribution is -0.142. The van der Waals surface area contributed by atoms with Crippen LogP contribution in [0.25, 0.3) is 0 Å². The Morgan fingerprint density at radius 2 is 2.64 bits per heavy atom. The number of aliphatic carboxylic acids is 1. The molecule has 0 amide bonds. The predicted molar refractivity (Wildman–Crippen MR) is 35.9 cm³/mol. The number of aromatic amines is 1. The van der Waals surface area contributed by atoms with E-state index in [1.165, 1.54) is 0 Å². The summed E-state index contributed by atoms with van der Waals surface area (Å²) < 4.78 is 4.75. The minimum atomic E-state index is -0.975. The van der Waals surface area contributed by atoms with Crippen LogP contribution in [0.4, 0.5) is 0 Å². The number of carboxylic acids is 1. The molecule has 1 rings (SSSR count). The molecule has 5 heteroatoms. The fourth-order valence-electron chi connectivity index (χ4n) is 0.612. The molecule has 2 N–H and O–H groups in total. The number of H-pyrrole nitrogens is 1. The summed E-state index contributed by atoms with van der Waals surface area (Å²) >= 11 is 0. The van der Waals surface area contributed by atoms with Gasteiger partial charge in [-0.15, -0.1) is 0 Å². The second-order valence-electron chi connectivity index (χ2n) is 1.92. The maximum Gasteiger partial charge on any atom is 0.329 e. The zero-order valence-corrected chi connectivity index (χ0v) is 5.78. The molecule has 1 heterocycles. The number of rotatable bonds is 4. The van der Waals surface area contributed by atoms with Crippen LogP contribution in [0, 0.1) is 0 Å². The second kappa shape index (κ2) is 3.72. The van der Waals surface area contributed by atoms with Gasteiger partial charge in [-0.1, -0.05) is 0 Å². The van der Waals surface area contributed by atoms with Crippen molar-refractivity contribution in [1.29, 1.82) is 0 Å². The number of hydrogen-bond donors (Lipinski definition) is 2. The molecule has 5 nitrogen and oxygen atoms in total. The van der Waals surface area contributed by atoms with E-state index >= 15 is 0 Å². The molecule has 0 bridgehead atoms. The van der Waals surface area contributed by atoms with Crippen LogP contribution >= 0.6 is 0 Å². The summed E-state index contributed by atoms with van der Waals surface area (Å²) in [5.74, 6) is -0.345. The van der Waals surface area contributed by atoms with Crippen LogP contribution in [-0.2, 0) is 16.1 Å². The third kappa shape index (κ3) is 2.81. The maximum atomic E-state index is 9.97. The highest BCUT2D eigenvalue weighted by atomic mass is 16.5. The smallest absolute Gasteiger partial charge is 0.329 e. The minimum Gasteiger partial charge on any atom is -0.480 e. The van der Waals surface area contributed by atoms with E-state index in [1.807, 2.05) is 0 Å². The molecule has 0 aliphatic heterocycles. The summed E-state index contributed by atoms with van der Waals surface area (Å²) in [6, 6.07) is 0. The van der Waals surface area contributed by atoms with Crippen molar-refractivity contribution >= 4 is 5.97 Å². The average Bonchev–Trinajstić information content (AvgIpc) is 2.39.